The van der Waals surface area contributed by atoms with Gasteiger partial charge in [0.1, 0.15) is 0 Å². The van der Waals surface area contributed by atoms with E-state index in [0.717, 1.165) is 0 Å². The second-order valence-electron chi connectivity index (χ2n) is 6.14. The summed E-state index contributed by atoms with van der Waals surface area (Å²) in [5.41, 5.74) is 0.276. The highest BCUT2D eigenvalue weighted by Crippen LogP contribution is 2.38. The molecular weight excluding hydrogens is 382 g/mol. The third-order valence-corrected chi connectivity index (χ3v) is 6.64. The molecule has 1 aliphatic heterocycles. The smallest absolute Gasteiger partial charge is 0.267 e. The van der Waals surface area contributed by atoms with Crippen LogP contribution in [0.4, 0.5) is 14.5 Å². The van der Waals surface area contributed by atoms with E-state index in [1.54, 1.807) is 30.0 Å². The molecule has 140 valence electrons. The fourth-order valence-corrected chi connectivity index (χ4v) is 5.14. The number of nitrogens with zero attached hydrogens (tertiary/aromatic N) is 1. The molecule has 2 aromatic carbocycles. The predicted octanol–water partition coefficient (Wildman–Crippen LogP) is 3.83. The van der Waals surface area contributed by atoms with Gasteiger partial charge >= 0.3 is 0 Å². The Bertz CT molecular complexity index is 913. The number of hydrogen-bond donors (Lipinski definition) is 1. The number of alkyl halides is 2. The van der Waals surface area contributed by atoms with Crippen molar-refractivity contribution in [2.24, 2.45) is 0 Å². The van der Waals surface area contributed by atoms with E-state index in [-0.39, 0.29) is 20.5 Å². The van der Waals surface area contributed by atoms with Crippen molar-refractivity contribution < 1.29 is 17.2 Å². The number of nitrogens with one attached hydrogen (secondary N) is 1. The van der Waals surface area contributed by atoms with Crippen LogP contribution in [0.5, 0.6) is 0 Å². The molecule has 0 spiro atoms. The fraction of sp³-hybridized carbons (Fsp3) is 0.333. The van der Waals surface area contributed by atoms with E-state index in [1.165, 1.54) is 18.2 Å². The Kier molecular flexibility index (Phi) is 5.50. The maximum atomic E-state index is 13.9. The number of benzene rings is 2. The molecule has 1 aliphatic rings. The SMILES string of the molecule is Cc1ccc(Cl)cc1S(=O)(=O)c1cccc(N2CCNCC2)c1C(F)F. The van der Waals surface area contributed by atoms with Crippen molar-refractivity contribution in [2.75, 3.05) is 31.1 Å². The minimum Gasteiger partial charge on any atom is -0.369 e. The number of piperazine rings is 1. The lowest BCUT2D eigenvalue weighted by atomic mass is 10.1. The molecule has 3 rings (SSSR count). The van der Waals surface area contributed by atoms with E-state index in [4.69, 9.17) is 11.6 Å². The highest BCUT2D eigenvalue weighted by molar-refractivity contribution is 7.91. The van der Waals surface area contributed by atoms with E-state index in [2.05, 4.69) is 5.32 Å². The van der Waals surface area contributed by atoms with Crippen LogP contribution >= 0.6 is 11.6 Å². The van der Waals surface area contributed by atoms with Gasteiger partial charge in [-0.05, 0) is 36.8 Å². The normalized spacial score (nSPS) is 15.5. The minimum atomic E-state index is -4.14. The summed E-state index contributed by atoms with van der Waals surface area (Å²) in [7, 11) is -4.14. The highest BCUT2D eigenvalue weighted by Gasteiger charge is 2.30. The van der Waals surface area contributed by atoms with Gasteiger partial charge in [-0.3, -0.25) is 0 Å². The van der Waals surface area contributed by atoms with Crippen LogP contribution in [0.25, 0.3) is 0 Å². The van der Waals surface area contributed by atoms with Crippen LogP contribution in [-0.4, -0.2) is 34.6 Å². The van der Waals surface area contributed by atoms with Crippen molar-refractivity contribution >= 4 is 27.1 Å². The molecule has 26 heavy (non-hydrogen) atoms. The molecule has 0 saturated carbocycles. The summed E-state index contributed by atoms with van der Waals surface area (Å²) in [6.07, 6.45) is -2.91. The van der Waals surface area contributed by atoms with Crippen LogP contribution in [0.1, 0.15) is 17.6 Å². The van der Waals surface area contributed by atoms with Gasteiger partial charge in [0.2, 0.25) is 9.84 Å². The molecule has 8 heteroatoms. The van der Waals surface area contributed by atoms with Gasteiger partial charge in [-0.15, -0.1) is 0 Å². The Labute approximate surface area is 156 Å². The van der Waals surface area contributed by atoms with Crippen molar-refractivity contribution in [1.29, 1.82) is 0 Å². The highest BCUT2D eigenvalue weighted by atomic mass is 35.5. The van der Waals surface area contributed by atoms with E-state index in [0.29, 0.717) is 31.7 Å². The summed E-state index contributed by atoms with van der Waals surface area (Å²) in [5, 5.41) is 3.40. The van der Waals surface area contributed by atoms with Crippen molar-refractivity contribution in [1.82, 2.24) is 5.32 Å². The van der Waals surface area contributed by atoms with Crippen LogP contribution in [0.15, 0.2) is 46.2 Å². The maximum absolute atomic E-state index is 13.9. The number of aryl methyl sites for hydroxylation is 1. The third-order valence-electron chi connectivity index (χ3n) is 4.45. The van der Waals surface area contributed by atoms with E-state index < -0.39 is 21.8 Å². The summed E-state index contributed by atoms with van der Waals surface area (Å²) in [4.78, 5) is 1.38. The standard InChI is InChI=1S/C18H19ClF2N2O2S/c1-12-5-6-13(19)11-16(12)26(24,25)15-4-2-3-14(17(15)18(20)21)23-9-7-22-8-10-23/h2-6,11,18,22H,7-10H2,1H3. The summed E-state index contributed by atoms with van der Waals surface area (Å²) >= 11 is 5.94. The monoisotopic (exact) mass is 400 g/mol. The molecular formula is C18H19ClF2N2O2S. The Morgan fingerprint density at radius 3 is 2.46 bits per heavy atom. The molecule has 0 amide bonds. The van der Waals surface area contributed by atoms with Gasteiger partial charge in [-0.25, -0.2) is 17.2 Å². The molecule has 1 fully saturated rings. The Morgan fingerprint density at radius 1 is 1.12 bits per heavy atom. The van der Waals surface area contributed by atoms with Gasteiger partial charge in [-0.1, -0.05) is 23.7 Å². The predicted molar refractivity (Wildman–Crippen MR) is 98.1 cm³/mol. The average molecular weight is 401 g/mol. The summed E-state index contributed by atoms with van der Waals surface area (Å²) in [5.74, 6) is 0. The van der Waals surface area contributed by atoms with E-state index >= 15 is 0 Å². The first-order chi connectivity index (χ1) is 12.3. The molecule has 0 bridgehead atoms. The number of anilines is 1. The van der Waals surface area contributed by atoms with E-state index in [9.17, 15) is 17.2 Å². The molecule has 1 N–H and O–H groups in total. The lowest BCUT2D eigenvalue weighted by molar-refractivity contribution is 0.148. The number of sulfone groups is 1. The minimum absolute atomic E-state index is 0.0515. The van der Waals surface area contributed by atoms with Gasteiger partial charge in [-0.2, -0.15) is 0 Å². The first-order valence-electron chi connectivity index (χ1n) is 8.20. The van der Waals surface area contributed by atoms with Crippen molar-refractivity contribution in [3.63, 3.8) is 0 Å². The van der Waals surface area contributed by atoms with E-state index in [1.807, 2.05) is 0 Å². The van der Waals surface area contributed by atoms with Gasteiger partial charge in [0.15, 0.2) is 0 Å². The van der Waals surface area contributed by atoms with Crippen LogP contribution in [-0.2, 0) is 9.84 Å². The van der Waals surface area contributed by atoms with Crippen LogP contribution in [0.3, 0.4) is 0 Å². The van der Waals surface area contributed by atoms with Crippen LogP contribution in [0.2, 0.25) is 5.02 Å². The fourth-order valence-electron chi connectivity index (χ4n) is 3.15. The maximum Gasteiger partial charge on any atom is 0.267 e. The van der Waals surface area contributed by atoms with Crippen molar-refractivity contribution in [2.45, 2.75) is 23.1 Å². The molecule has 0 radical (unpaired) electrons. The van der Waals surface area contributed by atoms with Gasteiger partial charge in [0.05, 0.1) is 15.4 Å². The molecule has 0 atom stereocenters. The van der Waals surface area contributed by atoms with Gasteiger partial charge in [0.25, 0.3) is 6.43 Å². The number of rotatable bonds is 4. The first kappa shape index (κ1) is 19.1. The third kappa shape index (κ3) is 3.56. The zero-order valence-corrected chi connectivity index (χ0v) is 15.7. The van der Waals surface area contributed by atoms with Crippen LogP contribution < -0.4 is 10.2 Å². The summed E-state index contributed by atoms with van der Waals surface area (Å²) in [6, 6.07) is 8.74. The molecule has 0 unspecified atom stereocenters. The zero-order chi connectivity index (χ0) is 18.9. The summed E-state index contributed by atoms with van der Waals surface area (Å²) < 4.78 is 54.2. The average Bonchev–Trinajstić information content (AvgIpc) is 2.63. The number of halogens is 3. The molecule has 4 nitrogen and oxygen atoms in total. The second-order valence-corrected chi connectivity index (χ2v) is 8.46. The summed E-state index contributed by atoms with van der Waals surface area (Å²) in [6.45, 7) is 4.02. The molecule has 1 heterocycles. The Hall–Kier alpha value is -1.70. The molecule has 1 saturated heterocycles. The number of hydrogen-bond acceptors (Lipinski definition) is 4. The lowest BCUT2D eigenvalue weighted by Crippen LogP contribution is -2.44. The largest absolute Gasteiger partial charge is 0.369 e. The van der Waals surface area contributed by atoms with Gasteiger partial charge < -0.3 is 10.2 Å². The van der Waals surface area contributed by atoms with Gasteiger partial charge in [0, 0.05) is 36.9 Å². The van der Waals surface area contributed by atoms with Crippen LogP contribution in [0, 0.1) is 6.92 Å². The topological polar surface area (TPSA) is 49.4 Å². The van der Waals surface area contributed by atoms with Crippen molar-refractivity contribution in [3.8, 4) is 0 Å². The molecule has 0 aliphatic carbocycles. The molecule has 0 aromatic heterocycles. The second kappa shape index (κ2) is 7.50. The Balaban J connectivity index is 2.19. The zero-order valence-electron chi connectivity index (χ0n) is 14.2. The first-order valence-corrected chi connectivity index (χ1v) is 10.1. The van der Waals surface area contributed by atoms with Crippen molar-refractivity contribution in [3.05, 3.63) is 52.5 Å². The Morgan fingerprint density at radius 2 is 1.81 bits per heavy atom. The quantitative estimate of drug-likeness (QED) is 0.847. The molecule has 2 aromatic rings. The lowest BCUT2D eigenvalue weighted by Gasteiger charge is -2.31.